The summed E-state index contributed by atoms with van der Waals surface area (Å²) in [7, 11) is 0. The molecule has 0 saturated carbocycles. The van der Waals surface area contributed by atoms with Crippen LogP contribution in [0.3, 0.4) is 0 Å². The first kappa shape index (κ1) is 10.4. The number of fused-ring (bicyclic) bond motifs is 1. The minimum absolute atomic E-state index is 0.462. The highest BCUT2D eigenvalue weighted by molar-refractivity contribution is 7.14. The van der Waals surface area contributed by atoms with Gasteiger partial charge in [0.2, 0.25) is 4.96 Å². The van der Waals surface area contributed by atoms with E-state index in [0.29, 0.717) is 21.4 Å². The third kappa shape index (κ3) is 1.64. The van der Waals surface area contributed by atoms with E-state index >= 15 is 0 Å². The molecule has 0 saturated heterocycles. The molecule has 0 atom stereocenters. The Hall–Kier alpha value is -1.72. The molecule has 84 valence electrons. The van der Waals surface area contributed by atoms with Crippen molar-refractivity contribution < 1.29 is 4.79 Å². The fourth-order valence-electron chi connectivity index (χ4n) is 1.64. The number of rotatable bonds is 2. The van der Waals surface area contributed by atoms with Crippen molar-refractivity contribution in [2.75, 3.05) is 0 Å². The monoisotopic (exact) mass is 263 g/mol. The van der Waals surface area contributed by atoms with Crippen molar-refractivity contribution in [2.24, 2.45) is 0 Å². The molecule has 0 aliphatic carbocycles. The van der Waals surface area contributed by atoms with E-state index in [1.54, 1.807) is 22.2 Å². The molecule has 6 heteroatoms. The maximum atomic E-state index is 11.1. The Balaban J connectivity index is 2.25. The molecule has 2 heterocycles. The fourth-order valence-corrected chi connectivity index (χ4v) is 2.39. The minimum atomic E-state index is 0.462. The first-order valence-corrected chi connectivity index (χ1v) is 6.08. The number of hydrogen-bond donors (Lipinski definition) is 0. The Morgan fingerprint density at radius 1 is 1.29 bits per heavy atom. The van der Waals surface area contributed by atoms with Crippen molar-refractivity contribution >= 4 is 34.2 Å². The summed E-state index contributed by atoms with van der Waals surface area (Å²) in [5.41, 5.74) is 3.61. The average Bonchev–Trinajstić information content (AvgIpc) is 2.89. The zero-order chi connectivity index (χ0) is 11.8. The van der Waals surface area contributed by atoms with Gasteiger partial charge >= 0.3 is 0 Å². The van der Waals surface area contributed by atoms with Crippen molar-refractivity contribution in [1.29, 1.82) is 0 Å². The van der Waals surface area contributed by atoms with E-state index in [1.807, 2.05) is 12.1 Å². The van der Waals surface area contributed by atoms with Crippen molar-refractivity contribution in [3.05, 3.63) is 40.5 Å². The highest BCUT2D eigenvalue weighted by Crippen LogP contribution is 2.25. The Kier molecular flexibility index (Phi) is 2.42. The van der Waals surface area contributed by atoms with E-state index < -0.39 is 0 Å². The molecule has 2 aromatic heterocycles. The summed E-state index contributed by atoms with van der Waals surface area (Å²) >= 11 is 7.22. The molecule has 0 spiro atoms. The largest absolute Gasteiger partial charge is 0.296 e. The van der Waals surface area contributed by atoms with Gasteiger partial charge in [0.25, 0.3) is 0 Å². The van der Waals surface area contributed by atoms with Crippen molar-refractivity contribution in [2.45, 2.75) is 0 Å². The quantitative estimate of drug-likeness (QED) is 0.668. The fraction of sp³-hybridized carbons (Fsp3) is 0. The van der Waals surface area contributed by atoms with Gasteiger partial charge in [-0.25, -0.2) is 4.98 Å². The molecule has 0 amide bonds. The summed E-state index contributed by atoms with van der Waals surface area (Å²) in [6.07, 6.45) is 0.768. The molecule has 0 unspecified atom stereocenters. The van der Waals surface area contributed by atoms with Crippen LogP contribution in [0, 0.1) is 0 Å². The van der Waals surface area contributed by atoms with E-state index in [4.69, 9.17) is 11.6 Å². The lowest BCUT2D eigenvalue weighted by atomic mass is 10.1. The highest BCUT2D eigenvalue weighted by Gasteiger charge is 2.14. The standard InChI is InChI=1S/C11H6ClN3OS/c12-8-3-1-7(2-4-8)10-9(5-16)15-11(14-10)17-6-13-15/h1-6H. The lowest BCUT2D eigenvalue weighted by Crippen LogP contribution is -1.92. The van der Waals surface area contributed by atoms with Crippen LogP contribution in [0.1, 0.15) is 10.5 Å². The van der Waals surface area contributed by atoms with Crippen LogP contribution in [0.5, 0.6) is 0 Å². The van der Waals surface area contributed by atoms with E-state index in [9.17, 15) is 4.79 Å². The molecule has 0 N–H and O–H groups in total. The van der Waals surface area contributed by atoms with Crippen molar-refractivity contribution in [1.82, 2.24) is 14.6 Å². The number of nitrogens with zero attached hydrogens (tertiary/aromatic N) is 3. The summed E-state index contributed by atoms with van der Waals surface area (Å²) in [5, 5.41) is 4.72. The Morgan fingerprint density at radius 3 is 2.76 bits per heavy atom. The number of benzene rings is 1. The molecule has 0 fully saturated rings. The van der Waals surface area contributed by atoms with Crippen molar-refractivity contribution in [3.8, 4) is 11.3 Å². The van der Waals surface area contributed by atoms with E-state index in [-0.39, 0.29) is 0 Å². The summed E-state index contributed by atoms with van der Waals surface area (Å²) in [6, 6.07) is 7.21. The van der Waals surface area contributed by atoms with Crippen LogP contribution in [0.2, 0.25) is 5.02 Å². The van der Waals surface area contributed by atoms with Gasteiger partial charge in [-0.2, -0.15) is 9.61 Å². The molecule has 0 radical (unpaired) electrons. The number of aromatic nitrogens is 3. The third-order valence-corrected chi connectivity index (χ3v) is 3.34. The van der Waals surface area contributed by atoms with Gasteiger partial charge in [0.15, 0.2) is 6.29 Å². The zero-order valence-electron chi connectivity index (χ0n) is 8.50. The maximum Gasteiger partial charge on any atom is 0.213 e. The van der Waals surface area contributed by atoms with Gasteiger partial charge in [-0.3, -0.25) is 4.79 Å². The van der Waals surface area contributed by atoms with E-state index in [2.05, 4.69) is 10.1 Å². The smallest absolute Gasteiger partial charge is 0.213 e. The van der Waals surface area contributed by atoms with Crippen LogP contribution in [-0.4, -0.2) is 20.9 Å². The molecule has 0 aliphatic heterocycles. The molecule has 3 aromatic rings. The summed E-state index contributed by atoms with van der Waals surface area (Å²) < 4.78 is 1.54. The lowest BCUT2D eigenvalue weighted by Gasteiger charge is -1.97. The molecular weight excluding hydrogens is 258 g/mol. The van der Waals surface area contributed by atoms with Crippen molar-refractivity contribution in [3.63, 3.8) is 0 Å². The number of halogens is 1. The van der Waals surface area contributed by atoms with Gasteiger partial charge < -0.3 is 0 Å². The van der Waals surface area contributed by atoms with Crippen LogP contribution in [-0.2, 0) is 0 Å². The summed E-state index contributed by atoms with van der Waals surface area (Å²) in [5.74, 6) is 0. The van der Waals surface area contributed by atoms with E-state index in [1.165, 1.54) is 11.3 Å². The SMILES string of the molecule is O=Cc1c(-c2ccc(Cl)cc2)nc2scnn12. The minimum Gasteiger partial charge on any atom is -0.296 e. The molecule has 1 aromatic carbocycles. The normalized spacial score (nSPS) is 10.9. The molecule has 0 bridgehead atoms. The molecular formula is C11H6ClN3OS. The van der Waals surface area contributed by atoms with Crippen LogP contribution in [0.4, 0.5) is 0 Å². The van der Waals surface area contributed by atoms with Crippen LogP contribution < -0.4 is 0 Å². The molecule has 0 aliphatic rings. The second-order valence-corrected chi connectivity index (χ2v) is 4.65. The maximum absolute atomic E-state index is 11.1. The first-order chi connectivity index (χ1) is 8.29. The zero-order valence-corrected chi connectivity index (χ0v) is 10.1. The van der Waals surface area contributed by atoms with Crippen LogP contribution in [0.25, 0.3) is 16.2 Å². The average molecular weight is 264 g/mol. The van der Waals surface area contributed by atoms with Gasteiger partial charge in [-0.15, -0.1) is 0 Å². The third-order valence-electron chi connectivity index (χ3n) is 2.41. The second-order valence-electron chi connectivity index (χ2n) is 3.40. The first-order valence-electron chi connectivity index (χ1n) is 4.83. The molecule has 3 rings (SSSR count). The van der Waals surface area contributed by atoms with Crippen LogP contribution >= 0.6 is 22.9 Å². The number of hydrogen-bond acceptors (Lipinski definition) is 4. The predicted octanol–water partition coefficient (Wildman–Crippen LogP) is 2.92. The Bertz CT molecular complexity index is 686. The summed E-state index contributed by atoms with van der Waals surface area (Å²) in [6.45, 7) is 0. The number of carbonyl (C=O) groups excluding carboxylic acids is 1. The highest BCUT2D eigenvalue weighted by atomic mass is 35.5. The van der Waals surface area contributed by atoms with Gasteiger partial charge in [-0.05, 0) is 12.1 Å². The second kappa shape index (κ2) is 3.94. The predicted molar refractivity (Wildman–Crippen MR) is 66.7 cm³/mol. The van der Waals surface area contributed by atoms with Gasteiger partial charge in [0, 0.05) is 10.6 Å². The van der Waals surface area contributed by atoms with Gasteiger partial charge in [0.1, 0.15) is 16.9 Å². The van der Waals surface area contributed by atoms with Crippen LogP contribution in [0.15, 0.2) is 29.8 Å². The summed E-state index contributed by atoms with van der Waals surface area (Å²) in [4.78, 5) is 16.2. The van der Waals surface area contributed by atoms with Gasteiger partial charge in [-0.1, -0.05) is 35.1 Å². The van der Waals surface area contributed by atoms with E-state index in [0.717, 1.165) is 11.8 Å². The Labute approximate surface area is 105 Å². The lowest BCUT2D eigenvalue weighted by molar-refractivity contribution is 0.111. The number of carbonyl (C=O) groups is 1. The topological polar surface area (TPSA) is 47.3 Å². The molecule has 17 heavy (non-hydrogen) atoms. The van der Waals surface area contributed by atoms with Gasteiger partial charge in [0.05, 0.1) is 0 Å². The molecule has 4 nitrogen and oxygen atoms in total. The number of imidazole rings is 1. The Morgan fingerprint density at radius 2 is 2.06 bits per heavy atom. The number of aldehydes is 1.